The van der Waals surface area contributed by atoms with E-state index in [1.807, 2.05) is 6.20 Å². The Hall–Kier alpha value is -1.13. The van der Waals surface area contributed by atoms with E-state index in [4.69, 9.17) is 0 Å². The summed E-state index contributed by atoms with van der Waals surface area (Å²) in [6, 6.07) is 9.01. The first-order chi connectivity index (χ1) is 10.2. The largest absolute Gasteiger partial charge is 0.309 e. The molecule has 0 fully saturated rings. The van der Waals surface area contributed by atoms with Gasteiger partial charge in [-0.3, -0.25) is 4.68 Å². The quantitative estimate of drug-likeness (QED) is 0.809. The second kappa shape index (κ2) is 7.76. The first-order valence-corrected chi connectivity index (χ1v) is 8.45. The predicted molar refractivity (Wildman–Crippen MR) is 91.5 cm³/mol. The molecule has 0 saturated carbocycles. The lowest BCUT2D eigenvalue weighted by Crippen LogP contribution is -2.26. The number of aryl methyl sites for hydroxylation is 2. The molecule has 1 N–H and O–H groups in total. The molecule has 1 aromatic carbocycles. The molecule has 21 heavy (non-hydrogen) atoms. The maximum Gasteiger partial charge on any atom is 0.0699 e. The van der Waals surface area contributed by atoms with E-state index in [0.29, 0.717) is 0 Å². The Labute approximate surface area is 135 Å². The molecule has 0 aliphatic heterocycles. The van der Waals surface area contributed by atoms with Gasteiger partial charge in [-0.2, -0.15) is 5.10 Å². The summed E-state index contributed by atoms with van der Waals surface area (Å²) in [4.78, 5) is 0. The summed E-state index contributed by atoms with van der Waals surface area (Å²) in [6.45, 7) is 8.37. The van der Waals surface area contributed by atoms with Gasteiger partial charge >= 0.3 is 0 Å². The number of rotatable bonds is 7. The van der Waals surface area contributed by atoms with E-state index in [9.17, 15) is 0 Å². The summed E-state index contributed by atoms with van der Waals surface area (Å²) in [6.07, 6.45) is 3.97. The Kier molecular flexibility index (Phi) is 6.00. The van der Waals surface area contributed by atoms with Gasteiger partial charge in [0.1, 0.15) is 0 Å². The van der Waals surface area contributed by atoms with Crippen molar-refractivity contribution in [1.29, 1.82) is 0 Å². The van der Waals surface area contributed by atoms with Crippen molar-refractivity contribution in [3.63, 3.8) is 0 Å². The Morgan fingerprint density at radius 3 is 2.81 bits per heavy atom. The Balaban J connectivity index is 2.28. The number of aromatic nitrogens is 2. The van der Waals surface area contributed by atoms with E-state index >= 15 is 0 Å². The van der Waals surface area contributed by atoms with Crippen LogP contribution in [0.1, 0.15) is 43.1 Å². The van der Waals surface area contributed by atoms with Crippen LogP contribution < -0.4 is 5.32 Å². The van der Waals surface area contributed by atoms with Crippen LogP contribution in [0.25, 0.3) is 0 Å². The summed E-state index contributed by atoms with van der Waals surface area (Å²) < 4.78 is 3.21. The highest BCUT2D eigenvalue weighted by Crippen LogP contribution is 2.26. The average molecular weight is 350 g/mol. The lowest BCUT2D eigenvalue weighted by Gasteiger charge is -2.20. The lowest BCUT2D eigenvalue weighted by atomic mass is 10.0. The monoisotopic (exact) mass is 349 g/mol. The summed E-state index contributed by atoms with van der Waals surface area (Å²) in [7, 11) is 0. The van der Waals surface area contributed by atoms with Crippen LogP contribution in [0.15, 0.2) is 34.9 Å². The van der Waals surface area contributed by atoms with Crippen LogP contribution in [0.2, 0.25) is 0 Å². The first kappa shape index (κ1) is 16.2. The van der Waals surface area contributed by atoms with Crippen LogP contribution in [0.4, 0.5) is 0 Å². The van der Waals surface area contributed by atoms with Crippen molar-refractivity contribution in [2.75, 3.05) is 6.54 Å². The molecule has 1 unspecified atom stereocenters. The zero-order chi connectivity index (χ0) is 15.2. The maximum atomic E-state index is 4.50. The number of likely N-dealkylation sites (N-methyl/N-ethyl adjacent to an activating group) is 1. The molecule has 0 aliphatic carbocycles. The van der Waals surface area contributed by atoms with Crippen molar-refractivity contribution in [3.05, 3.63) is 51.8 Å². The molecular formula is C17H24BrN3. The molecular weight excluding hydrogens is 326 g/mol. The topological polar surface area (TPSA) is 29.9 Å². The second-order valence-corrected chi connectivity index (χ2v) is 6.26. The third-order valence-electron chi connectivity index (χ3n) is 3.57. The Bertz CT molecular complexity index is 577. The van der Waals surface area contributed by atoms with Crippen LogP contribution in [0.3, 0.4) is 0 Å². The minimum atomic E-state index is 0.278. The number of nitrogens with zero attached hydrogens (tertiary/aromatic N) is 2. The van der Waals surface area contributed by atoms with Gasteiger partial charge < -0.3 is 5.32 Å². The van der Waals surface area contributed by atoms with Crippen LogP contribution in [0.5, 0.6) is 0 Å². The number of nitrogens with one attached hydrogen (secondary N) is 1. The summed E-state index contributed by atoms with van der Waals surface area (Å²) >= 11 is 3.66. The highest BCUT2D eigenvalue weighted by atomic mass is 79.9. The van der Waals surface area contributed by atoms with Crippen molar-refractivity contribution >= 4 is 15.9 Å². The maximum absolute atomic E-state index is 4.50. The highest BCUT2D eigenvalue weighted by molar-refractivity contribution is 9.10. The van der Waals surface area contributed by atoms with E-state index in [-0.39, 0.29) is 6.04 Å². The number of benzene rings is 1. The van der Waals surface area contributed by atoms with Gasteiger partial charge in [0.15, 0.2) is 0 Å². The molecule has 0 bridgehead atoms. The molecule has 2 rings (SSSR count). The van der Waals surface area contributed by atoms with Crippen molar-refractivity contribution in [3.8, 4) is 0 Å². The molecule has 3 nitrogen and oxygen atoms in total. The van der Waals surface area contributed by atoms with Crippen LogP contribution in [-0.2, 0) is 13.0 Å². The van der Waals surface area contributed by atoms with E-state index < -0.39 is 0 Å². The molecule has 1 aromatic heterocycles. The van der Waals surface area contributed by atoms with Crippen LogP contribution in [0, 0.1) is 6.92 Å². The smallest absolute Gasteiger partial charge is 0.0699 e. The first-order valence-electron chi connectivity index (χ1n) is 7.65. The standard InChI is InChI=1S/C17H24BrN3/c1-4-9-21-17(15(18)12-20-21)16(19-5-2)11-14-8-6-7-13(3)10-14/h6-8,10,12,16,19H,4-5,9,11H2,1-3H3. The summed E-state index contributed by atoms with van der Waals surface area (Å²) in [5, 5.41) is 8.10. The second-order valence-electron chi connectivity index (χ2n) is 5.40. The predicted octanol–water partition coefficient (Wildman–Crippen LogP) is 4.26. The fraction of sp³-hybridized carbons (Fsp3) is 0.471. The summed E-state index contributed by atoms with van der Waals surface area (Å²) in [5.41, 5.74) is 3.92. The minimum absolute atomic E-state index is 0.278. The van der Waals surface area contributed by atoms with Crippen LogP contribution >= 0.6 is 15.9 Å². The van der Waals surface area contributed by atoms with Gasteiger partial charge in [0.05, 0.1) is 22.4 Å². The highest BCUT2D eigenvalue weighted by Gasteiger charge is 2.19. The van der Waals surface area contributed by atoms with Crippen molar-refractivity contribution in [2.24, 2.45) is 0 Å². The van der Waals surface area contributed by atoms with Crippen LogP contribution in [-0.4, -0.2) is 16.3 Å². The molecule has 0 saturated heterocycles. The van der Waals surface area contributed by atoms with E-state index in [1.54, 1.807) is 0 Å². The van der Waals surface area contributed by atoms with Gasteiger partial charge in [0, 0.05) is 6.54 Å². The van der Waals surface area contributed by atoms with Gasteiger partial charge in [-0.05, 0) is 47.8 Å². The molecule has 114 valence electrons. The zero-order valence-electron chi connectivity index (χ0n) is 13.1. The SMILES string of the molecule is CCCn1ncc(Br)c1C(Cc1cccc(C)c1)NCC. The summed E-state index contributed by atoms with van der Waals surface area (Å²) in [5.74, 6) is 0. The minimum Gasteiger partial charge on any atom is -0.309 e. The number of hydrogen-bond acceptors (Lipinski definition) is 2. The Morgan fingerprint density at radius 2 is 2.14 bits per heavy atom. The molecule has 1 heterocycles. The molecule has 1 atom stereocenters. The van der Waals surface area contributed by atoms with Gasteiger partial charge in [0.25, 0.3) is 0 Å². The zero-order valence-corrected chi connectivity index (χ0v) is 14.7. The van der Waals surface area contributed by atoms with Gasteiger partial charge in [-0.15, -0.1) is 0 Å². The lowest BCUT2D eigenvalue weighted by molar-refractivity contribution is 0.476. The van der Waals surface area contributed by atoms with Gasteiger partial charge in [-0.25, -0.2) is 0 Å². The molecule has 0 amide bonds. The molecule has 0 aliphatic rings. The van der Waals surface area contributed by atoms with Crippen molar-refractivity contribution in [1.82, 2.24) is 15.1 Å². The number of hydrogen-bond donors (Lipinski definition) is 1. The molecule has 4 heteroatoms. The van der Waals surface area contributed by atoms with Gasteiger partial charge in [-0.1, -0.05) is 43.7 Å². The third-order valence-corrected chi connectivity index (χ3v) is 4.18. The molecule has 0 radical (unpaired) electrons. The normalized spacial score (nSPS) is 12.6. The fourth-order valence-corrected chi connectivity index (χ4v) is 3.27. The van der Waals surface area contributed by atoms with Crippen molar-refractivity contribution < 1.29 is 0 Å². The molecule has 2 aromatic rings. The average Bonchev–Trinajstić information content (AvgIpc) is 2.80. The van der Waals surface area contributed by atoms with Gasteiger partial charge in [0.2, 0.25) is 0 Å². The third kappa shape index (κ3) is 4.17. The fourth-order valence-electron chi connectivity index (χ4n) is 2.70. The van der Waals surface area contributed by atoms with E-state index in [0.717, 1.165) is 30.4 Å². The van der Waals surface area contributed by atoms with E-state index in [2.05, 4.69) is 76.1 Å². The number of halogens is 1. The molecule has 0 spiro atoms. The Morgan fingerprint density at radius 1 is 1.33 bits per heavy atom. The van der Waals surface area contributed by atoms with Crippen molar-refractivity contribution in [2.45, 2.75) is 46.2 Å². The van der Waals surface area contributed by atoms with E-state index in [1.165, 1.54) is 16.8 Å².